The van der Waals surface area contributed by atoms with Crippen LogP contribution >= 0.6 is 22.7 Å². The lowest BCUT2D eigenvalue weighted by Crippen LogP contribution is -2.13. The minimum Gasteiger partial charge on any atom is -0.321 e. The zero-order valence-corrected chi connectivity index (χ0v) is 17.2. The van der Waals surface area contributed by atoms with Gasteiger partial charge in [-0.2, -0.15) is 0 Å². The maximum atomic E-state index is 13.8. The molecule has 2 heterocycles. The molecule has 0 bridgehead atoms. The number of nitrogens with one attached hydrogen (secondary N) is 2. The molecule has 0 fully saturated rings. The van der Waals surface area contributed by atoms with Gasteiger partial charge in [0.25, 0.3) is 11.8 Å². The van der Waals surface area contributed by atoms with Gasteiger partial charge in [-0.05, 0) is 47.3 Å². The van der Waals surface area contributed by atoms with E-state index in [1.807, 2.05) is 11.4 Å². The summed E-state index contributed by atoms with van der Waals surface area (Å²) >= 11 is 2.68. The second kappa shape index (κ2) is 8.98. The van der Waals surface area contributed by atoms with Crippen LogP contribution in [0.4, 0.5) is 15.8 Å². The molecule has 2 N–H and O–H groups in total. The molecule has 2 amide bonds. The molecule has 30 heavy (non-hydrogen) atoms. The molecule has 2 aromatic heterocycles. The van der Waals surface area contributed by atoms with Crippen LogP contribution in [0.5, 0.6) is 0 Å². The monoisotopic (exact) mass is 437 g/mol. The van der Waals surface area contributed by atoms with E-state index in [2.05, 4.69) is 15.6 Å². The highest BCUT2D eigenvalue weighted by molar-refractivity contribution is 7.12. The first-order chi connectivity index (χ1) is 14.6. The van der Waals surface area contributed by atoms with Crippen LogP contribution in [0.3, 0.4) is 0 Å². The van der Waals surface area contributed by atoms with E-state index in [0.717, 1.165) is 0 Å². The number of hydrogen-bond acceptors (Lipinski definition) is 5. The van der Waals surface area contributed by atoms with E-state index in [-0.39, 0.29) is 23.3 Å². The summed E-state index contributed by atoms with van der Waals surface area (Å²) in [4.78, 5) is 29.5. The average molecular weight is 438 g/mol. The molecule has 5 nitrogen and oxygen atoms in total. The first-order valence-electron chi connectivity index (χ1n) is 9.02. The lowest BCUT2D eigenvalue weighted by molar-refractivity contribution is 0.101. The van der Waals surface area contributed by atoms with Crippen molar-refractivity contribution in [3.05, 3.63) is 98.4 Å². The SMILES string of the molecule is O=C(Nc1ccc(NC(=O)c2cccs2)cc1)c1csc(Cc2ccccc2F)n1. The van der Waals surface area contributed by atoms with Gasteiger partial charge < -0.3 is 10.6 Å². The molecule has 2 aromatic carbocycles. The quantitative estimate of drug-likeness (QED) is 0.422. The number of rotatable bonds is 6. The summed E-state index contributed by atoms with van der Waals surface area (Å²) in [5.74, 6) is -0.807. The Morgan fingerprint density at radius 3 is 2.23 bits per heavy atom. The highest BCUT2D eigenvalue weighted by Crippen LogP contribution is 2.19. The Hall–Kier alpha value is -3.36. The van der Waals surface area contributed by atoms with Crippen LogP contribution in [0.25, 0.3) is 0 Å². The average Bonchev–Trinajstić information content (AvgIpc) is 3.43. The van der Waals surface area contributed by atoms with Crippen LogP contribution < -0.4 is 10.6 Å². The van der Waals surface area contributed by atoms with Gasteiger partial charge in [-0.3, -0.25) is 9.59 Å². The van der Waals surface area contributed by atoms with Crippen molar-refractivity contribution in [1.82, 2.24) is 4.98 Å². The molecule has 0 saturated carbocycles. The number of carbonyl (C=O) groups is 2. The second-order valence-electron chi connectivity index (χ2n) is 6.36. The molecule has 0 radical (unpaired) electrons. The van der Waals surface area contributed by atoms with E-state index < -0.39 is 0 Å². The number of aromatic nitrogens is 1. The summed E-state index contributed by atoms with van der Waals surface area (Å²) in [6.07, 6.45) is 0.337. The summed E-state index contributed by atoms with van der Waals surface area (Å²) in [5, 5.41) is 9.74. The van der Waals surface area contributed by atoms with Crippen molar-refractivity contribution in [2.45, 2.75) is 6.42 Å². The van der Waals surface area contributed by atoms with E-state index in [1.54, 1.807) is 53.9 Å². The molecule has 0 aliphatic heterocycles. The predicted molar refractivity (Wildman–Crippen MR) is 118 cm³/mol. The van der Waals surface area contributed by atoms with Gasteiger partial charge >= 0.3 is 0 Å². The van der Waals surface area contributed by atoms with Crippen LogP contribution in [0.1, 0.15) is 30.7 Å². The Morgan fingerprint density at radius 2 is 1.57 bits per heavy atom. The van der Waals surface area contributed by atoms with Crippen LogP contribution in [-0.2, 0) is 6.42 Å². The number of halogens is 1. The third kappa shape index (κ3) is 4.79. The highest BCUT2D eigenvalue weighted by atomic mass is 32.1. The molecule has 0 unspecified atom stereocenters. The van der Waals surface area contributed by atoms with E-state index >= 15 is 0 Å². The lowest BCUT2D eigenvalue weighted by Gasteiger charge is -2.06. The zero-order chi connectivity index (χ0) is 20.9. The minimum absolute atomic E-state index is 0.174. The molecule has 0 aliphatic carbocycles. The van der Waals surface area contributed by atoms with Crippen molar-refractivity contribution >= 4 is 45.9 Å². The maximum absolute atomic E-state index is 13.8. The first-order valence-corrected chi connectivity index (χ1v) is 10.8. The van der Waals surface area contributed by atoms with Crippen LogP contribution in [0.15, 0.2) is 71.4 Å². The largest absolute Gasteiger partial charge is 0.321 e. The normalized spacial score (nSPS) is 10.6. The lowest BCUT2D eigenvalue weighted by atomic mass is 10.1. The Balaban J connectivity index is 1.36. The number of carbonyl (C=O) groups excluding carboxylic acids is 2. The molecule has 0 spiro atoms. The molecule has 4 rings (SSSR count). The van der Waals surface area contributed by atoms with Gasteiger partial charge in [-0.1, -0.05) is 24.3 Å². The standard InChI is InChI=1S/C22H16FN3O2S2/c23-17-5-2-1-4-14(17)12-20-26-18(13-30-20)21(27)24-15-7-9-16(10-8-15)25-22(28)19-6-3-11-29-19/h1-11,13H,12H2,(H,24,27)(H,25,28). The fourth-order valence-corrected chi connectivity index (χ4v) is 4.15. The number of nitrogens with zero attached hydrogens (tertiary/aromatic N) is 1. The number of amides is 2. The van der Waals surface area contributed by atoms with Gasteiger partial charge in [0.1, 0.15) is 11.5 Å². The molecule has 4 aromatic rings. The van der Waals surface area contributed by atoms with E-state index in [1.165, 1.54) is 28.7 Å². The number of anilines is 2. The first kappa shape index (κ1) is 19.9. The number of thiazole rings is 1. The van der Waals surface area contributed by atoms with Crippen LogP contribution in [0.2, 0.25) is 0 Å². The Kier molecular flexibility index (Phi) is 5.97. The number of benzene rings is 2. The second-order valence-corrected chi connectivity index (χ2v) is 8.25. The third-order valence-corrected chi connectivity index (χ3v) is 5.95. The van der Waals surface area contributed by atoms with Gasteiger partial charge in [-0.25, -0.2) is 9.37 Å². The molecule has 150 valence electrons. The predicted octanol–water partition coefficient (Wildman–Crippen LogP) is 5.44. The third-order valence-electron chi connectivity index (χ3n) is 4.23. The van der Waals surface area contributed by atoms with Crippen molar-refractivity contribution in [3.63, 3.8) is 0 Å². The Morgan fingerprint density at radius 1 is 0.867 bits per heavy atom. The smallest absolute Gasteiger partial charge is 0.275 e. The van der Waals surface area contributed by atoms with Crippen molar-refractivity contribution in [3.8, 4) is 0 Å². The number of hydrogen-bond donors (Lipinski definition) is 2. The van der Waals surface area contributed by atoms with Gasteiger partial charge in [0.15, 0.2) is 0 Å². The van der Waals surface area contributed by atoms with E-state index in [0.29, 0.717) is 33.2 Å². The topological polar surface area (TPSA) is 71.1 Å². The summed E-state index contributed by atoms with van der Waals surface area (Å²) < 4.78 is 13.8. The molecular formula is C22H16FN3O2S2. The van der Waals surface area contributed by atoms with E-state index in [4.69, 9.17) is 0 Å². The van der Waals surface area contributed by atoms with Crippen LogP contribution in [0, 0.1) is 5.82 Å². The van der Waals surface area contributed by atoms with E-state index in [9.17, 15) is 14.0 Å². The molecular weight excluding hydrogens is 421 g/mol. The van der Waals surface area contributed by atoms with Crippen LogP contribution in [-0.4, -0.2) is 16.8 Å². The van der Waals surface area contributed by atoms with Gasteiger partial charge in [0, 0.05) is 23.2 Å². The highest BCUT2D eigenvalue weighted by Gasteiger charge is 2.13. The molecule has 8 heteroatoms. The zero-order valence-electron chi connectivity index (χ0n) is 15.6. The Bertz CT molecular complexity index is 1170. The van der Waals surface area contributed by atoms with Gasteiger partial charge in [-0.15, -0.1) is 22.7 Å². The molecule has 0 atom stereocenters. The summed E-state index contributed by atoms with van der Waals surface area (Å²) in [6.45, 7) is 0. The van der Waals surface area contributed by atoms with Gasteiger partial charge in [0.2, 0.25) is 0 Å². The minimum atomic E-state index is -0.346. The number of thiophene rings is 1. The molecule has 0 aliphatic rings. The Labute approximate surface area is 180 Å². The van der Waals surface area contributed by atoms with Crippen molar-refractivity contribution < 1.29 is 14.0 Å². The summed E-state index contributed by atoms with van der Waals surface area (Å²) in [6, 6.07) is 16.9. The summed E-state index contributed by atoms with van der Waals surface area (Å²) in [7, 11) is 0. The van der Waals surface area contributed by atoms with Crippen molar-refractivity contribution in [1.29, 1.82) is 0 Å². The summed E-state index contributed by atoms with van der Waals surface area (Å²) in [5.41, 5.74) is 2.03. The van der Waals surface area contributed by atoms with Crippen molar-refractivity contribution in [2.75, 3.05) is 10.6 Å². The van der Waals surface area contributed by atoms with Crippen molar-refractivity contribution in [2.24, 2.45) is 0 Å². The van der Waals surface area contributed by atoms with Gasteiger partial charge in [0.05, 0.1) is 9.88 Å². The maximum Gasteiger partial charge on any atom is 0.275 e. The molecule has 0 saturated heterocycles. The fourth-order valence-electron chi connectivity index (χ4n) is 2.73. The fraction of sp³-hybridized carbons (Fsp3) is 0.0455.